The van der Waals surface area contributed by atoms with Gasteiger partial charge in [0.2, 0.25) is 0 Å². The lowest BCUT2D eigenvalue weighted by molar-refractivity contribution is -0.192. The van der Waals surface area contributed by atoms with Gasteiger partial charge in [0.1, 0.15) is 0 Å². The van der Waals surface area contributed by atoms with Crippen LogP contribution in [0.4, 0.5) is 24.5 Å². The summed E-state index contributed by atoms with van der Waals surface area (Å²) in [6.07, 6.45) is -2.35. The van der Waals surface area contributed by atoms with Gasteiger partial charge in [-0.1, -0.05) is 12.1 Å². The van der Waals surface area contributed by atoms with E-state index in [1.54, 1.807) is 0 Å². The lowest BCUT2D eigenvalue weighted by Crippen LogP contribution is -2.46. The van der Waals surface area contributed by atoms with E-state index >= 15 is 0 Å². The quantitative estimate of drug-likeness (QED) is 0.756. The van der Waals surface area contributed by atoms with E-state index in [1.165, 1.54) is 42.9 Å². The van der Waals surface area contributed by atoms with Crippen molar-refractivity contribution in [2.45, 2.75) is 31.6 Å². The standard InChI is InChI=1S/C14H19N3.C2HF3O2/c1-3-11-9-15-6-8-16-10-12-4-2-7-17(12)13(5-1)14(11)16;3-2(4,5)1(6)7/h1,3,5,12,15H,2,4,6-10H2;(H,6,7)/t12-;/m0./s1. The number of aliphatic carboxylic acids is 1. The molecule has 1 aromatic carbocycles. The van der Waals surface area contributed by atoms with Crippen LogP contribution in [-0.4, -0.2) is 49.5 Å². The number of hydrogen-bond donors (Lipinski definition) is 2. The van der Waals surface area contributed by atoms with Gasteiger partial charge in [-0.3, -0.25) is 0 Å². The van der Waals surface area contributed by atoms with Crippen LogP contribution in [0.3, 0.4) is 0 Å². The Morgan fingerprint density at radius 2 is 2.04 bits per heavy atom. The van der Waals surface area contributed by atoms with E-state index in [2.05, 4.69) is 33.3 Å². The number of nitrogens with one attached hydrogen (secondary N) is 1. The molecule has 3 aliphatic heterocycles. The Kier molecular flexibility index (Phi) is 4.58. The minimum absolute atomic E-state index is 0.760. The Morgan fingerprint density at radius 1 is 1.29 bits per heavy atom. The summed E-state index contributed by atoms with van der Waals surface area (Å²) in [7, 11) is 0. The van der Waals surface area contributed by atoms with Gasteiger partial charge in [-0.05, 0) is 24.5 Å². The molecule has 1 aromatic rings. The monoisotopic (exact) mass is 343 g/mol. The summed E-state index contributed by atoms with van der Waals surface area (Å²) in [5.74, 6) is -2.76. The van der Waals surface area contributed by atoms with Crippen LogP contribution in [0.2, 0.25) is 0 Å². The first-order valence-corrected chi connectivity index (χ1v) is 8.02. The molecule has 0 spiro atoms. The molecular weight excluding hydrogens is 323 g/mol. The number of carbonyl (C=O) groups is 1. The molecule has 132 valence electrons. The number of rotatable bonds is 0. The second kappa shape index (κ2) is 6.51. The molecule has 4 rings (SSSR count). The molecule has 24 heavy (non-hydrogen) atoms. The topological polar surface area (TPSA) is 55.8 Å². The fourth-order valence-corrected chi connectivity index (χ4v) is 3.65. The van der Waals surface area contributed by atoms with Gasteiger partial charge in [0.25, 0.3) is 0 Å². The minimum atomic E-state index is -5.08. The lowest BCUT2D eigenvalue weighted by Gasteiger charge is -2.41. The van der Waals surface area contributed by atoms with Crippen molar-refractivity contribution in [2.24, 2.45) is 0 Å². The van der Waals surface area contributed by atoms with Crippen molar-refractivity contribution in [1.29, 1.82) is 0 Å². The molecule has 1 saturated heterocycles. The molecule has 0 saturated carbocycles. The molecule has 0 unspecified atom stereocenters. The largest absolute Gasteiger partial charge is 0.490 e. The number of anilines is 2. The lowest BCUT2D eigenvalue weighted by atomic mass is 10.0. The van der Waals surface area contributed by atoms with Crippen molar-refractivity contribution in [3.63, 3.8) is 0 Å². The Morgan fingerprint density at radius 3 is 2.75 bits per heavy atom. The Hall–Kier alpha value is -1.96. The van der Waals surface area contributed by atoms with Gasteiger partial charge in [-0.25, -0.2) is 4.79 Å². The molecule has 0 aromatic heterocycles. The van der Waals surface area contributed by atoms with E-state index < -0.39 is 12.1 Å². The van der Waals surface area contributed by atoms with Crippen LogP contribution in [0.1, 0.15) is 18.4 Å². The molecule has 3 aliphatic rings. The van der Waals surface area contributed by atoms with Crippen LogP contribution in [0.5, 0.6) is 0 Å². The fraction of sp³-hybridized carbons (Fsp3) is 0.562. The van der Waals surface area contributed by atoms with Gasteiger partial charge < -0.3 is 20.2 Å². The molecular formula is C16H20F3N3O2. The third kappa shape index (κ3) is 3.28. The molecule has 1 atom stereocenters. The third-order valence-corrected chi connectivity index (χ3v) is 4.65. The summed E-state index contributed by atoms with van der Waals surface area (Å²) >= 11 is 0. The first kappa shape index (κ1) is 16.9. The first-order chi connectivity index (χ1) is 11.4. The summed E-state index contributed by atoms with van der Waals surface area (Å²) in [6.45, 7) is 5.78. The van der Waals surface area contributed by atoms with Gasteiger partial charge in [-0.2, -0.15) is 13.2 Å². The number of carboxylic acids is 1. The molecule has 0 aliphatic carbocycles. The zero-order chi connectivity index (χ0) is 17.3. The molecule has 2 N–H and O–H groups in total. The second-order valence-electron chi connectivity index (χ2n) is 6.20. The molecule has 0 bridgehead atoms. The van der Waals surface area contributed by atoms with Gasteiger partial charge >= 0.3 is 12.1 Å². The average Bonchev–Trinajstić information content (AvgIpc) is 2.90. The number of hydrogen-bond acceptors (Lipinski definition) is 4. The van der Waals surface area contributed by atoms with Crippen molar-refractivity contribution < 1.29 is 23.1 Å². The maximum Gasteiger partial charge on any atom is 0.490 e. The average molecular weight is 343 g/mol. The predicted molar refractivity (Wildman–Crippen MR) is 84.4 cm³/mol. The van der Waals surface area contributed by atoms with E-state index in [4.69, 9.17) is 9.90 Å². The van der Waals surface area contributed by atoms with Crippen molar-refractivity contribution in [3.05, 3.63) is 23.8 Å². The number of halogens is 3. The Bertz CT molecular complexity index is 621. The second-order valence-corrected chi connectivity index (χ2v) is 6.20. The molecule has 8 heteroatoms. The van der Waals surface area contributed by atoms with Crippen LogP contribution in [0.25, 0.3) is 0 Å². The molecule has 3 heterocycles. The zero-order valence-corrected chi connectivity index (χ0v) is 13.1. The van der Waals surface area contributed by atoms with Crippen LogP contribution in [0, 0.1) is 0 Å². The van der Waals surface area contributed by atoms with Gasteiger partial charge in [-0.15, -0.1) is 0 Å². The predicted octanol–water partition coefficient (Wildman–Crippen LogP) is 2.21. The van der Waals surface area contributed by atoms with E-state index in [9.17, 15) is 13.2 Å². The SMILES string of the molecule is O=C(O)C(F)(F)F.c1cc2c3c(c1)N1CCC[C@H]1CN3CCNC2. The molecule has 5 nitrogen and oxygen atoms in total. The van der Waals surface area contributed by atoms with Crippen molar-refractivity contribution in [2.75, 3.05) is 36.0 Å². The van der Waals surface area contributed by atoms with Gasteiger partial charge in [0, 0.05) is 38.8 Å². The Labute approximate surface area is 138 Å². The van der Waals surface area contributed by atoms with Crippen molar-refractivity contribution in [1.82, 2.24) is 5.32 Å². The van der Waals surface area contributed by atoms with Crippen molar-refractivity contribution in [3.8, 4) is 0 Å². The minimum Gasteiger partial charge on any atom is -0.475 e. The third-order valence-electron chi connectivity index (χ3n) is 4.65. The normalized spacial score (nSPS) is 22.0. The number of benzene rings is 1. The summed E-state index contributed by atoms with van der Waals surface area (Å²) < 4.78 is 31.7. The first-order valence-electron chi connectivity index (χ1n) is 8.02. The number of para-hydroxylation sites is 1. The summed E-state index contributed by atoms with van der Waals surface area (Å²) in [5.41, 5.74) is 4.47. The van der Waals surface area contributed by atoms with Gasteiger partial charge in [0.15, 0.2) is 0 Å². The van der Waals surface area contributed by atoms with Crippen LogP contribution in [0.15, 0.2) is 18.2 Å². The summed E-state index contributed by atoms with van der Waals surface area (Å²) in [4.78, 5) is 14.1. The summed E-state index contributed by atoms with van der Waals surface area (Å²) in [6, 6.07) is 7.57. The molecule has 0 amide bonds. The van der Waals surface area contributed by atoms with Crippen LogP contribution < -0.4 is 15.1 Å². The van der Waals surface area contributed by atoms with Crippen molar-refractivity contribution >= 4 is 17.3 Å². The molecule has 0 radical (unpaired) electrons. The highest BCUT2D eigenvalue weighted by atomic mass is 19.4. The number of fused-ring (bicyclic) bond motifs is 2. The van der Waals surface area contributed by atoms with E-state index in [0.717, 1.165) is 25.7 Å². The summed E-state index contributed by atoms with van der Waals surface area (Å²) in [5, 5.41) is 10.7. The Balaban J connectivity index is 0.000000209. The zero-order valence-electron chi connectivity index (χ0n) is 13.1. The smallest absolute Gasteiger partial charge is 0.475 e. The number of carboxylic acid groups (broad SMARTS) is 1. The highest BCUT2D eigenvalue weighted by Crippen LogP contribution is 2.41. The van der Waals surface area contributed by atoms with E-state index in [0.29, 0.717) is 0 Å². The van der Waals surface area contributed by atoms with E-state index in [1.807, 2.05) is 0 Å². The highest BCUT2D eigenvalue weighted by molar-refractivity contribution is 5.78. The fourth-order valence-electron chi connectivity index (χ4n) is 3.65. The maximum atomic E-state index is 10.6. The van der Waals surface area contributed by atoms with Gasteiger partial charge in [0.05, 0.1) is 11.4 Å². The number of nitrogens with zero attached hydrogens (tertiary/aromatic N) is 2. The maximum absolute atomic E-state index is 10.6. The van der Waals surface area contributed by atoms with Crippen LogP contribution in [-0.2, 0) is 11.3 Å². The molecule has 1 fully saturated rings. The van der Waals surface area contributed by atoms with Crippen LogP contribution >= 0.6 is 0 Å². The van der Waals surface area contributed by atoms with E-state index in [-0.39, 0.29) is 0 Å². The number of alkyl halides is 3. The highest BCUT2D eigenvalue weighted by Gasteiger charge is 2.38.